The van der Waals surface area contributed by atoms with Gasteiger partial charge in [-0.25, -0.2) is 14.2 Å². The first-order valence-corrected chi connectivity index (χ1v) is 8.85. The molecule has 2 aromatic carbocycles. The molecule has 0 atom stereocenters. The Morgan fingerprint density at radius 3 is 2.74 bits per heavy atom. The first-order chi connectivity index (χ1) is 13.2. The van der Waals surface area contributed by atoms with E-state index in [0.717, 1.165) is 16.9 Å². The Kier molecular flexibility index (Phi) is 4.42. The molecule has 0 spiro atoms. The minimum Gasteiger partial charge on any atom is -0.306 e. The molecule has 1 amide bonds. The van der Waals surface area contributed by atoms with Crippen LogP contribution in [0.4, 0.5) is 5.82 Å². The van der Waals surface area contributed by atoms with Gasteiger partial charge in [0.05, 0.1) is 0 Å². The summed E-state index contributed by atoms with van der Waals surface area (Å²) >= 11 is 0. The van der Waals surface area contributed by atoms with Crippen LogP contribution >= 0.6 is 0 Å². The summed E-state index contributed by atoms with van der Waals surface area (Å²) in [7, 11) is 0. The van der Waals surface area contributed by atoms with Crippen molar-refractivity contribution in [3.63, 3.8) is 0 Å². The van der Waals surface area contributed by atoms with Crippen LogP contribution < -0.4 is 9.88 Å². The van der Waals surface area contributed by atoms with Crippen molar-refractivity contribution in [2.75, 3.05) is 5.32 Å². The van der Waals surface area contributed by atoms with Crippen LogP contribution in [0.15, 0.2) is 53.2 Å². The van der Waals surface area contributed by atoms with Gasteiger partial charge in [0, 0.05) is 6.42 Å². The van der Waals surface area contributed by atoms with E-state index in [4.69, 9.17) is 4.63 Å². The van der Waals surface area contributed by atoms with Crippen molar-refractivity contribution in [2.24, 2.45) is 0 Å². The summed E-state index contributed by atoms with van der Waals surface area (Å²) < 4.78 is 7.05. The molecule has 27 heavy (non-hydrogen) atoms. The van der Waals surface area contributed by atoms with E-state index < -0.39 is 0 Å². The van der Waals surface area contributed by atoms with Gasteiger partial charge in [-0.2, -0.15) is 0 Å². The molecule has 7 heteroatoms. The molecular weight excluding hydrogens is 342 g/mol. The number of carbonyl (C=O) groups excluding carboxylic acids is 1. The van der Waals surface area contributed by atoms with E-state index in [2.05, 4.69) is 44.2 Å². The maximum absolute atomic E-state index is 11.8. The minimum absolute atomic E-state index is 0.145. The number of hydrogen-bond acceptors (Lipinski definition) is 4. The van der Waals surface area contributed by atoms with Crippen molar-refractivity contribution >= 4 is 22.8 Å². The number of rotatable bonds is 5. The fourth-order valence-corrected chi connectivity index (χ4v) is 3.09. The summed E-state index contributed by atoms with van der Waals surface area (Å²) in [5.74, 6) is 0.896. The molecule has 4 rings (SSSR count). The van der Waals surface area contributed by atoms with Crippen molar-refractivity contribution in [1.82, 2.24) is 15.3 Å². The Morgan fingerprint density at radius 1 is 1.15 bits per heavy atom. The van der Waals surface area contributed by atoms with E-state index >= 15 is 0 Å². The predicted octanol–water partition coefficient (Wildman–Crippen LogP) is 3.21. The van der Waals surface area contributed by atoms with E-state index in [1.807, 2.05) is 36.4 Å². The van der Waals surface area contributed by atoms with Gasteiger partial charge < -0.3 is 5.32 Å². The molecule has 0 aliphatic carbocycles. The smallest absolute Gasteiger partial charge is 0.306 e. The Labute approximate surface area is 156 Å². The van der Waals surface area contributed by atoms with Crippen LogP contribution in [0.1, 0.15) is 24.5 Å². The average Bonchev–Trinajstić information content (AvgIpc) is 3.28. The Hall–Kier alpha value is -3.48. The standard InChI is InChI=1S/C20H19N5O2/c1-3-17(26)22-19-18(23-27-24-19)20-21-15-10-6-7-11-16(15)25(20)12-14-9-5-4-8-13(14)2/h4-11H,3,12H2,1-2H3,(H,22,24,26)/p+1. The zero-order valence-corrected chi connectivity index (χ0v) is 15.2. The zero-order valence-electron chi connectivity index (χ0n) is 15.2. The Morgan fingerprint density at radius 2 is 1.93 bits per heavy atom. The number of para-hydroxylation sites is 2. The van der Waals surface area contributed by atoms with Gasteiger partial charge in [-0.1, -0.05) is 43.3 Å². The minimum atomic E-state index is -0.145. The van der Waals surface area contributed by atoms with Gasteiger partial charge >= 0.3 is 5.82 Å². The summed E-state index contributed by atoms with van der Waals surface area (Å²) in [6.45, 7) is 4.53. The fraction of sp³-hybridized carbons (Fsp3) is 0.200. The molecule has 0 saturated heterocycles. The Balaban J connectivity index is 1.86. The highest BCUT2D eigenvalue weighted by molar-refractivity contribution is 5.92. The number of carbonyl (C=O) groups is 1. The number of nitrogens with zero attached hydrogens (tertiary/aromatic N) is 3. The maximum atomic E-state index is 11.8. The molecule has 0 aliphatic rings. The molecule has 2 heterocycles. The number of aromatic amines is 1. The SMILES string of the molecule is CCC(=O)Nc1nonc1-c1[nH]c2ccccc2[n+]1Cc1ccccc1C. The molecule has 0 saturated carbocycles. The molecule has 7 nitrogen and oxygen atoms in total. The molecule has 0 aliphatic heterocycles. The first kappa shape index (κ1) is 17.0. The van der Waals surface area contributed by atoms with Crippen molar-refractivity contribution in [3.05, 3.63) is 59.7 Å². The molecule has 0 fully saturated rings. The van der Waals surface area contributed by atoms with Gasteiger partial charge in [0.25, 0.3) is 0 Å². The lowest BCUT2D eigenvalue weighted by atomic mass is 10.1. The predicted molar refractivity (Wildman–Crippen MR) is 101 cm³/mol. The number of anilines is 1. The topological polar surface area (TPSA) is 87.7 Å². The number of aromatic nitrogens is 4. The number of hydrogen-bond donors (Lipinski definition) is 2. The highest BCUT2D eigenvalue weighted by Gasteiger charge is 2.27. The number of amides is 1. The lowest BCUT2D eigenvalue weighted by Crippen LogP contribution is -2.36. The second-order valence-electron chi connectivity index (χ2n) is 6.37. The molecule has 4 aromatic rings. The molecular formula is C20H20N5O2+. The molecule has 136 valence electrons. The summed E-state index contributed by atoms with van der Waals surface area (Å²) in [6.07, 6.45) is 0.349. The second-order valence-corrected chi connectivity index (χ2v) is 6.37. The second kappa shape index (κ2) is 7.03. The molecule has 0 unspecified atom stereocenters. The maximum Gasteiger partial charge on any atom is 0.314 e. The van der Waals surface area contributed by atoms with Gasteiger partial charge in [-0.15, -0.1) is 0 Å². The Bertz CT molecular complexity index is 1110. The lowest BCUT2D eigenvalue weighted by molar-refractivity contribution is -0.651. The highest BCUT2D eigenvalue weighted by atomic mass is 16.6. The van der Waals surface area contributed by atoms with E-state index in [1.54, 1.807) is 6.92 Å². The van der Waals surface area contributed by atoms with Gasteiger partial charge in [0.1, 0.15) is 6.54 Å². The summed E-state index contributed by atoms with van der Waals surface area (Å²) in [5.41, 5.74) is 4.88. The third kappa shape index (κ3) is 3.19. The van der Waals surface area contributed by atoms with Gasteiger partial charge in [0.2, 0.25) is 17.4 Å². The number of imidazole rings is 1. The van der Waals surface area contributed by atoms with Crippen LogP contribution in [0.2, 0.25) is 0 Å². The summed E-state index contributed by atoms with van der Waals surface area (Å²) in [5, 5.41) is 10.7. The van der Waals surface area contributed by atoms with E-state index in [0.29, 0.717) is 24.5 Å². The van der Waals surface area contributed by atoms with Crippen LogP contribution in [-0.4, -0.2) is 21.2 Å². The normalized spacial score (nSPS) is 11.0. The lowest BCUT2D eigenvalue weighted by Gasteiger charge is -2.05. The number of fused-ring (bicyclic) bond motifs is 1. The number of nitrogens with one attached hydrogen (secondary N) is 2. The monoisotopic (exact) mass is 362 g/mol. The van der Waals surface area contributed by atoms with Gasteiger partial charge in [-0.3, -0.25) is 4.79 Å². The quantitative estimate of drug-likeness (QED) is 0.534. The van der Waals surface area contributed by atoms with Crippen LogP contribution in [-0.2, 0) is 11.3 Å². The number of benzene rings is 2. The summed E-state index contributed by atoms with van der Waals surface area (Å²) in [6, 6.07) is 16.3. The third-order valence-corrected chi connectivity index (χ3v) is 4.60. The third-order valence-electron chi connectivity index (χ3n) is 4.60. The van der Waals surface area contributed by atoms with E-state index in [1.165, 1.54) is 11.1 Å². The van der Waals surface area contributed by atoms with Crippen LogP contribution in [0.25, 0.3) is 22.6 Å². The zero-order chi connectivity index (χ0) is 18.8. The number of H-pyrrole nitrogens is 1. The van der Waals surface area contributed by atoms with Crippen molar-refractivity contribution in [2.45, 2.75) is 26.8 Å². The molecule has 2 N–H and O–H groups in total. The molecule has 0 bridgehead atoms. The van der Waals surface area contributed by atoms with Crippen molar-refractivity contribution in [1.29, 1.82) is 0 Å². The van der Waals surface area contributed by atoms with E-state index in [-0.39, 0.29) is 5.91 Å². The first-order valence-electron chi connectivity index (χ1n) is 8.85. The van der Waals surface area contributed by atoms with E-state index in [9.17, 15) is 4.79 Å². The van der Waals surface area contributed by atoms with Crippen LogP contribution in [0.3, 0.4) is 0 Å². The largest absolute Gasteiger partial charge is 0.314 e. The number of aryl methyl sites for hydroxylation is 1. The van der Waals surface area contributed by atoms with Crippen molar-refractivity contribution in [3.8, 4) is 11.5 Å². The van der Waals surface area contributed by atoms with Crippen LogP contribution in [0.5, 0.6) is 0 Å². The molecule has 2 aromatic heterocycles. The van der Waals surface area contributed by atoms with Crippen LogP contribution in [0, 0.1) is 6.92 Å². The van der Waals surface area contributed by atoms with Gasteiger partial charge in [0.15, 0.2) is 11.0 Å². The van der Waals surface area contributed by atoms with Crippen molar-refractivity contribution < 1.29 is 14.0 Å². The fourth-order valence-electron chi connectivity index (χ4n) is 3.09. The molecule has 0 radical (unpaired) electrons. The average molecular weight is 362 g/mol. The highest BCUT2D eigenvalue weighted by Crippen LogP contribution is 2.24. The summed E-state index contributed by atoms with van der Waals surface area (Å²) in [4.78, 5) is 15.2. The van der Waals surface area contributed by atoms with Gasteiger partial charge in [-0.05, 0) is 40.5 Å².